The minimum atomic E-state index is -0.886. The summed E-state index contributed by atoms with van der Waals surface area (Å²) >= 11 is 1.37. The van der Waals surface area contributed by atoms with Gasteiger partial charge in [-0.2, -0.15) is 0 Å². The number of anilines is 1. The highest BCUT2D eigenvalue weighted by atomic mass is 32.1. The van der Waals surface area contributed by atoms with Crippen LogP contribution in [-0.4, -0.2) is 36.4 Å². The molecule has 1 amide bonds. The average molecular weight is 347 g/mol. The maximum absolute atomic E-state index is 12.4. The summed E-state index contributed by atoms with van der Waals surface area (Å²) in [5, 5.41) is 5.25. The predicted octanol–water partition coefficient (Wildman–Crippen LogP) is 1.99. The summed E-state index contributed by atoms with van der Waals surface area (Å²) < 4.78 is 16.0. The number of fused-ring (bicyclic) bond motifs is 1. The Morgan fingerprint density at radius 1 is 1.25 bits per heavy atom. The molecule has 0 atom stereocenters. The summed E-state index contributed by atoms with van der Waals surface area (Å²) in [5.74, 6) is 1.22. The smallest absolute Gasteiger partial charge is 0.246 e. The molecule has 7 nitrogen and oxygen atoms in total. The van der Waals surface area contributed by atoms with Gasteiger partial charge in [0, 0.05) is 24.2 Å². The molecular formula is C16H17N3O4S. The van der Waals surface area contributed by atoms with Crippen molar-refractivity contribution in [2.24, 2.45) is 5.73 Å². The van der Waals surface area contributed by atoms with E-state index in [1.807, 2.05) is 23.6 Å². The lowest BCUT2D eigenvalue weighted by molar-refractivity contribution is -0.124. The third kappa shape index (κ3) is 2.83. The van der Waals surface area contributed by atoms with Crippen LogP contribution < -0.4 is 20.5 Å². The Morgan fingerprint density at radius 2 is 2.04 bits per heavy atom. The van der Waals surface area contributed by atoms with Crippen molar-refractivity contribution in [1.29, 1.82) is 0 Å². The van der Waals surface area contributed by atoms with Crippen molar-refractivity contribution in [3.05, 3.63) is 23.6 Å². The van der Waals surface area contributed by atoms with E-state index in [1.165, 1.54) is 11.3 Å². The monoisotopic (exact) mass is 347 g/mol. The van der Waals surface area contributed by atoms with Gasteiger partial charge in [0.2, 0.25) is 12.7 Å². The number of hydrogen-bond donors (Lipinski definition) is 2. The van der Waals surface area contributed by atoms with Crippen LogP contribution in [0.3, 0.4) is 0 Å². The first kappa shape index (κ1) is 15.4. The lowest BCUT2D eigenvalue weighted by Crippen LogP contribution is -2.54. The van der Waals surface area contributed by atoms with Crippen LogP contribution in [0.15, 0.2) is 23.6 Å². The number of carbonyl (C=O) groups excluding carboxylic acids is 1. The van der Waals surface area contributed by atoms with Crippen molar-refractivity contribution in [2.45, 2.75) is 18.4 Å². The van der Waals surface area contributed by atoms with Gasteiger partial charge in [0.25, 0.3) is 0 Å². The second kappa shape index (κ2) is 6.04. The molecule has 0 aliphatic carbocycles. The van der Waals surface area contributed by atoms with Gasteiger partial charge in [0.15, 0.2) is 16.6 Å². The second-order valence-corrected chi connectivity index (χ2v) is 6.69. The lowest BCUT2D eigenvalue weighted by atomic mass is 9.90. The largest absolute Gasteiger partial charge is 0.454 e. The molecule has 0 unspecified atom stereocenters. The Hall–Kier alpha value is -2.16. The molecular weight excluding hydrogens is 330 g/mol. The van der Waals surface area contributed by atoms with Crippen LogP contribution in [0.1, 0.15) is 12.8 Å². The quantitative estimate of drug-likeness (QED) is 0.881. The molecule has 24 heavy (non-hydrogen) atoms. The molecule has 0 bridgehead atoms. The minimum Gasteiger partial charge on any atom is -0.454 e. The zero-order valence-corrected chi connectivity index (χ0v) is 13.7. The number of aromatic nitrogens is 1. The van der Waals surface area contributed by atoms with Gasteiger partial charge in [-0.25, -0.2) is 4.98 Å². The molecule has 0 spiro atoms. The van der Waals surface area contributed by atoms with Gasteiger partial charge >= 0.3 is 0 Å². The zero-order chi connectivity index (χ0) is 16.6. The third-order valence-electron chi connectivity index (χ3n) is 4.23. The summed E-state index contributed by atoms with van der Waals surface area (Å²) in [7, 11) is 0. The minimum absolute atomic E-state index is 0.211. The molecule has 1 saturated heterocycles. The lowest BCUT2D eigenvalue weighted by Gasteiger charge is -2.31. The Morgan fingerprint density at radius 3 is 2.88 bits per heavy atom. The van der Waals surface area contributed by atoms with Crippen molar-refractivity contribution < 1.29 is 19.0 Å². The van der Waals surface area contributed by atoms with Crippen molar-refractivity contribution in [3.8, 4) is 22.8 Å². The highest BCUT2D eigenvalue weighted by Gasteiger charge is 2.36. The summed E-state index contributed by atoms with van der Waals surface area (Å²) in [5.41, 5.74) is 6.98. The molecule has 0 saturated carbocycles. The van der Waals surface area contributed by atoms with Crippen molar-refractivity contribution in [1.82, 2.24) is 4.98 Å². The van der Waals surface area contributed by atoms with Gasteiger partial charge < -0.3 is 25.3 Å². The number of hydrogen-bond acceptors (Lipinski definition) is 7. The Kier molecular flexibility index (Phi) is 3.87. The SMILES string of the molecule is NC1(C(=O)Nc2nc(-c3ccc4c(c3)OCO4)cs2)CCOCC1. The number of rotatable bonds is 3. The van der Waals surface area contributed by atoms with Crippen LogP contribution in [0.5, 0.6) is 11.5 Å². The summed E-state index contributed by atoms with van der Waals surface area (Å²) in [6.07, 6.45) is 1.03. The fraction of sp³-hybridized carbons (Fsp3) is 0.375. The summed E-state index contributed by atoms with van der Waals surface area (Å²) in [6, 6.07) is 5.65. The number of ether oxygens (including phenoxy) is 3. The number of nitrogens with two attached hydrogens (primary N) is 1. The highest BCUT2D eigenvalue weighted by Crippen LogP contribution is 2.36. The first-order chi connectivity index (χ1) is 11.6. The van der Waals surface area contributed by atoms with Crippen LogP contribution >= 0.6 is 11.3 Å². The van der Waals surface area contributed by atoms with Crippen molar-refractivity contribution >= 4 is 22.4 Å². The normalized spacial score (nSPS) is 18.4. The highest BCUT2D eigenvalue weighted by molar-refractivity contribution is 7.14. The van der Waals surface area contributed by atoms with Gasteiger partial charge in [-0.05, 0) is 31.0 Å². The van der Waals surface area contributed by atoms with Gasteiger partial charge in [-0.1, -0.05) is 0 Å². The van der Waals surface area contributed by atoms with E-state index in [0.717, 1.165) is 17.0 Å². The summed E-state index contributed by atoms with van der Waals surface area (Å²) in [6.45, 7) is 1.24. The van der Waals surface area contributed by atoms with E-state index >= 15 is 0 Å². The zero-order valence-electron chi connectivity index (χ0n) is 12.9. The van der Waals surface area contributed by atoms with Crippen LogP contribution in [0.4, 0.5) is 5.13 Å². The number of benzene rings is 1. The molecule has 1 aromatic heterocycles. The van der Waals surface area contributed by atoms with Crippen LogP contribution in [-0.2, 0) is 9.53 Å². The van der Waals surface area contributed by atoms with E-state index in [0.29, 0.717) is 36.9 Å². The standard InChI is InChI=1S/C16H17N3O4S/c17-16(3-5-21-6-4-16)14(20)19-15-18-11(8-24-15)10-1-2-12-13(7-10)23-9-22-12/h1-2,7-8H,3-6,9,17H2,(H,18,19,20). The maximum Gasteiger partial charge on any atom is 0.246 e. The summed E-state index contributed by atoms with van der Waals surface area (Å²) in [4.78, 5) is 16.9. The Balaban J connectivity index is 1.49. The topological polar surface area (TPSA) is 95.7 Å². The first-order valence-corrected chi connectivity index (χ1v) is 8.56. The predicted molar refractivity (Wildman–Crippen MR) is 89.3 cm³/mol. The molecule has 2 aromatic rings. The van der Waals surface area contributed by atoms with E-state index in [9.17, 15) is 4.79 Å². The van der Waals surface area contributed by atoms with Gasteiger partial charge in [-0.3, -0.25) is 4.79 Å². The Labute approximate surface area is 142 Å². The molecule has 126 valence electrons. The maximum atomic E-state index is 12.4. The number of nitrogens with zero attached hydrogens (tertiary/aromatic N) is 1. The molecule has 2 aliphatic heterocycles. The fourth-order valence-electron chi connectivity index (χ4n) is 2.70. The second-order valence-electron chi connectivity index (χ2n) is 5.83. The van der Waals surface area contributed by atoms with Gasteiger partial charge in [0.1, 0.15) is 5.54 Å². The van der Waals surface area contributed by atoms with E-state index < -0.39 is 5.54 Å². The first-order valence-electron chi connectivity index (χ1n) is 7.68. The van der Waals surface area contributed by atoms with E-state index in [1.54, 1.807) is 0 Å². The van der Waals surface area contributed by atoms with Gasteiger partial charge in [-0.15, -0.1) is 11.3 Å². The molecule has 0 radical (unpaired) electrons. The fourth-order valence-corrected chi connectivity index (χ4v) is 3.42. The molecule has 3 heterocycles. The molecule has 8 heteroatoms. The number of thiazole rings is 1. The van der Waals surface area contributed by atoms with E-state index in [-0.39, 0.29) is 12.7 Å². The van der Waals surface area contributed by atoms with E-state index in [2.05, 4.69) is 10.3 Å². The van der Waals surface area contributed by atoms with Crippen molar-refractivity contribution in [3.63, 3.8) is 0 Å². The molecule has 2 aliphatic rings. The number of amides is 1. The third-order valence-corrected chi connectivity index (χ3v) is 4.99. The van der Waals surface area contributed by atoms with Crippen molar-refractivity contribution in [2.75, 3.05) is 25.3 Å². The van der Waals surface area contributed by atoms with Gasteiger partial charge in [0.05, 0.1) is 5.69 Å². The van der Waals surface area contributed by atoms with Crippen LogP contribution in [0, 0.1) is 0 Å². The average Bonchev–Trinajstić information content (AvgIpc) is 3.23. The van der Waals surface area contributed by atoms with E-state index in [4.69, 9.17) is 19.9 Å². The number of carbonyl (C=O) groups is 1. The van der Waals surface area contributed by atoms with Crippen LogP contribution in [0.2, 0.25) is 0 Å². The van der Waals surface area contributed by atoms with Crippen LogP contribution in [0.25, 0.3) is 11.3 Å². The molecule has 3 N–H and O–H groups in total. The molecule has 1 aromatic carbocycles. The number of nitrogens with one attached hydrogen (secondary N) is 1. The molecule has 4 rings (SSSR count). The molecule has 1 fully saturated rings. The Bertz CT molecular complexity index is 770.